The molecule has 28 heavy (non-hydrogen) atoms. The van der Waals surface area contributed by atoms with Crippen molar-refractivity contribution in [2.45, 2.75) is 0 Å². The van der Waals surface area contributed by atoms with Crippen LogP contribution >= 0.6 is 0 Å². The Morgan fingerprint density at radius 2 is 1.86 bits per heavy atom. The van der Waals surface area contributed by atoms with Crippen LogP contribution in [0.1, 0.15) is 0 Å². The smallest absolute Gasteiger partial charge is 0.355 e. The van der Waals surface area contributed by atoms with Crippen LogP contribution in [0.5, 0.6) is 11.5 Å². The van der Waals surface area contributed by atoms with Crippen molar-refractivity contribution in [3.63, 3.8) is 0 Å². The SMILES string of the molecule is OOBc1cccc(Nc2nc(Nc3ccc4c(c3)OCCO4)ncc2F)c1. The molecule has 3 N–H and O–H groups in total. The van der Waals surface area contributed by atoms with E-state index >= 15 is 0 Å². The summed E-state index contributed by atoms with van der Waals surface area (Å²) in [5.74, 6) is 0.926. The number of anilines is 4. The molecule has 0 fully saturated rings. The summed E-state index contributed by atoms with van der Waals surface area (Å²) < 4.78 is 25.2. The van der Waals surface area contributed by atoms with Gasteiger partial charge >= 0.3 is 7.48 Å². The van der Waals surface area contributed by atoms with Crippen molar-refractivity contribution in [1.82, 2.24) is 9.97 Å². The van der Waals surface area contributed by atoms with Gasteiger partial charge in [0.15, 0.2) is 23.1 Å². The monoisotopic (exact) mass is 382 g/mol. The van der Waals surface area contributed by atoms with E-state index in [4.69, 9.17) is 14.7 Å². The molecule has 1 aliphatic rings. The summed E-state index contributed by atoms with van der Waals surface area (Å²) in [5.41, 5.74) is 2.00. The van der Waals surface area contributed by atoms with Gasteiger partial charge in [0.2, 0.25) is 5.95 Å². The summed E-state index contributed by atoms with van der Waals surface area (Å²) in [5, 5.41) is 14.5. The molecule has 10 heteroatoms. The van der Waals surface area contributed by atoms with Gasteiger partial charge < -0.3 is 24.9 Å². The van der Waals surface area contributed by atoms with Crippen LogP contribution in [-0.4, -0.2) is 35.9 Å². The van der Waals surface area contributed by atoms with Gasteiger partial charge in [-0.3, -0.25) is 5.26 Å². The minimum absolute atomic E-state index is 0.0112. The topological polar surface area (TPSA) is 97.8 Å². The maximum atomic E-state index is 14.2. The zero-order valence-corrected chi connectivity index (χ0v) is 14.7. The minimum atomic E-state index is -0.600. The van der Waals surface area contributed by atoms with Gasteiger partial charge in [0.1, 0.15) is 13.2 Å². The van der Waals surface area contributed by atoms with E-state index in [-0.39, 0.29) is 19.2 Å². The van der Waals surface area contributed by atoms with E-state index in [1.807, 2.05) is 0 Å². The van der Waals surface area contributed by atoms with E-state index in [9.17, 15) is 4.39 Å². The van der Waals surface area contributed by atoms with E-state index in [1.54, 1.807) is 42.5 Å². The van der Waals surface area contributed by atoms with Gasteiger partial charge in [-0.15, -0.1) is 0 Å². The van der Waals surface area contributed by atoms with Gasteiger partial charge in [0.05, 0.1) is 6.20 Å². The summed E-state index contributed by atoms with van der Waals surface area (Å²) in [6, 6.07) is 12.3. The van der Waals surface area contributed by atoms with Crippen molar-refractivity contribution in [3.8, 4) is 11.5 Å². The van der Waals surface area contributed by atoms with E-state index < -0.39 is 5.82 Å². The van der Waals surface area contributed by atoms with Crippen LogP contribution in [0.2, 0.25) is 0 Å². The molecule has 1 aliphatic heterocycles. The Morgan fingerprint density at radius 1 is 1.04 bits per heavy atom. The maximum Gasteiger partial charge on any atom is 0.355 e. The number of benzene rings is 2. The highest BCUT2D eigenvalue weighted by molar-refractivity contribution is 6.46. The highest BCUT2D eigenvalue weighted by atomic mass is 19.1. The first-order valence-corrected chi connectivity index (χ1v) is 8.53. The van der Waals surface area contributed by atoms with Crippen LogP contribution in [0.25, 0.3) is 0 Å². The standard InChI is InChI=1S/C18H16BFN4O4/c20-14-10-21-18(23-13-4-5-15-16(9-13)27-7-6-26-15)24-17(14)22-12-3-1-2-11(8-12)19-28-25/h1-5,8-10,19,25H,6-7H2,(H2,21,22,23,24). The fraction of sp³-hybridized carbons (Fsp3) is 0.111. The summed E-state index contributed by atoms with van der Waals surface area (Å²) in [4.78, 5) is 12.3. The molecule has 8 nitrogen and oxygen atoms in total. The average molecular weight is 382 g/mol. The molecule has 142 valence electrons. The molecule has 0 saturated carbocycles. The predicted molar refractivity (Wildman–Crippen MR) is 103 cm³/mol. The number of ether oxygens (including phenoxy) is 2. The van der Waals surface area contributed by atoms with Crippen molar-refractivity contribution in [2.24, 2.45) is 0 Å². The molecule has 0 atom stereocenters. The van der Waals surface area contributed by atoms with Gasteiger partial charge in [-0.05, 0) is 29.7 Å². The second-order valence-electron chi connectivity index (χ2n) is 5.97. The number of fused-ring (bicyclic) bond motifs is 1. The number of nitrogens with zero attached hydrogens (tertiary/aromatic N) is 2. The molecule has 0 amide bonds. The maximum absolute atomic E-state index is 14.2. The molecule has 2 aromatic carbocycles. The van der Waals surface area contributed by atoms with Crippen molar-refractivity contribution < 1.29 is 23.9 Å². The van der Waals surface area contributed by atoms with Crippen molar-refractivity contribution in [3.05, 3.63) is 54.5 Å². The summed E-state index contributed by atoms with van der Waals surface area (Å²) in [7, 11) is 0.0265. The molecule has 0 unspecified atom stereocenters. The quantitative estimate of drug-likeness (QED) is 0.340. The van der Waals surface area contributed by atoms with Crippen LogP contribution in [0.3, 0.4) is 0 Å². The summed E-state index contributed by atoms with van der Waals surface area (Å²) in [6.07, 6.45) is 1.08. The van der Waals surface area contributed by atoms with Crippen molar-refractivity contribution in [1.29, 1.82) is 0 Å². The highest BCUT2D eigenvalue weighted by Crippen LogP contribution is 2.33. The first-order chi connectivity index (χ1) is 13.7. The van der Waals surface area contributed by atoms with Crippen molar-refractivity contribution in [2.75, 3.05) is 23.8 Å². The molecular weight excluding hydrogens is 366 g/mol. The number of hydrogen-bond acceptors (Lipinski definition) is 8. The molecule has 3 aromatic rings. The van der Waals surface area contributed by atoms with Gasteiger partial charge in [-0.1, -0.05) is 12.1 Å². The van der Waals surface area contributed by atoms with Gasteiger partial charge in [-0.2, -0.15) is 4.98 Å². The van der Waals surface area contributed by atoms with E-state index in [1.165, 1.54) is 0 Å². The van der Waals surface area contributed by atoms with Crippen LogP contribution in [0.15, 0.2) is 48.7 Å². The Morgan fingerprint density at radius 3 is 2.71 bits per heavy atom. The Hall–Kier alpha value is -3.37. The fourth-order valence-corrected chi connectivity index (χ4v) is 2.72. The van der Waals surface area contributed by atoms with E-state index in [0.29, 0.717) is 36.1 Å². The Kier molecular flexibility index (Phi) is 5.22. The molecule has 0 aliphatic carbocycles. The Bertz CT molecular complexity index is 992. The normalized spacial score (nSPS) is 12.4. The third-order valence-electron chi connectivity index (χ3n) is 3.96. The molecular formula is C18H16BFN4O4. The number of halogens is 1. The van der Waals surface area contributed by atoms with Crippen LogP contribution < -0.4 is 25.6 Å². The lowest BCUT2D eigenvalue weighted by Crippen LogP contribution is -2.16. The number of rotatable bonds is 6. The zero-order chi connectivity index (χ0) is 19.3. The fourth-order valence-electron chi connectivity index (χ4n) is 2.72. The van der Waals surface area contributed by atoms with Gasteiger partial charge in [0, 0.05) is 17.4 Å². The molecule has 1 aromatic heterocycles. The second-order valence-corrected chi connectivity index (χ2v) is 5.97. The number of nitrogens with one attached hydrogen (secondary N) is 2. The van der Waals surface area contributed by atoms with Crippen LogP contribution in [0.4, 0.5) is 27.5 Å². The third kappa shape index (κ3) is 4.13. The average Bonchev–Trinajstić information content (AvgIpc) is 2.71. The minimum Gasteiger partial charge on any atom is -0.486 e. The molecule has 4 rings (SSSR count). The molecule has 0 bridgehead atoms. The summed E-state index contributed by atoms with van der Waals surface area (Å²) in [6.45, 7) is 0.999. The molecule has 0 radical (unpaired) electrons. The van der Waals surface area contributed by atoms with E-state index in [2.05, 4.69) is 25.4 Å². The highest BCUT2D eigenvalue weighted by Gasteiger charge is 2.13. The molecule has 0 spiro atoms. The number of aromatic nitrogens is 2. The molecule has 0 saturated heterocycles. The lowest BCUT2D eigenvalue weighted by molar-refractivity contribution is -0.135. The van der Waals surface area contributed by atoms with E-state index in [0.717, 1.165) is 11.7 Å². The number of hydrogen-bond donors (Lipinski definition) is 3. The van der Waals surface area contributed by atoms with Crippen molar-refractivity contribution >= 4 is 36.1 Å². The molecule has 2 heterocycles. The largest absolute Gasteiger partial charge is 0.486 e. The predicted octanol–water partition coefficient (Wildman–Crippen LogP) is 2.34. The first-order valence-electron chi connectivity index (χ1n) is 8.53. The first kappa shape index (κ1) is 18.0. The van der Waals surface area contributed by atoms with Gasteiger partial charge in [0.25, 0.3) is 0 Å². The lowest BCUT2D eigenvalue weighted by atomic mass is 9.88. The second kappa shape index (κ2) is 8.11. The van der Waals surface area contributed by atoms with Crippen LogP contribution in [-0.2, 0) is 4.81 Å². The van der Waals surface area contributed by atoms with Crippen LogP contribution in [0, 0.1) is 5.82 Å². The Balaban J connectivity index is 1.53. The zero-order valence-electron chi connectivity index (χ0n) is 14.7. The van der Waals surface area contributed by atoms with Gasteiger partial charge in [-0.25, -0.2) is 9.37 Å². The lowest BCUT2D eigenvalue weighted by Gasteiger charge is -2.19. The summed E-state index contributed by atoms with van der Waals surface area (Å²) >= 11 is 0. The third-order valence-corrected chi connectivity index (χ3v) is 3.96. The Labute approximate surface area is 160 Å².